The van der Waals surface area contributed by atoms with Crippen molar-refractivity contribution in [2.75, 3.05) is 14.2 Å². The number of nitriles is 4. The lowest BCUT2D eigenvalue weighted by Crippen LogP contribution is -2.28. The second-order valence-corrected chi connectivity index (χ2v) is 17.7. The summed E-state index contributed by atoms with van der Waals surface area (Å²) in [6.07, 6.45) is 17.6. The zero-order chi connectivity index (χ0) is 34.6. The van der Waals surface area contributed by atoms with Crippen molar-refractivity contribution in [1.29, 1.82) is 21.0 Å². The summed E-state index contributed by atoms with van der Waals surface area (Å²) in [7, 11) is 3.40. The van der Waals surface area contributed by atoms with Gasteiger partial charge >= 0.3 is 0 Å². The second-order valence-electron chi connectivity index (χ2n) is 13.4. The lowest BCUT2D eigenvalue weighted by molar-refractivity contribution is 0.347. The number of methoxy groups -OCH3 is 2. The summed E-state index contributed by atoms with van der Waals surface area (Å²) in [4.78, 5) is 6.49. The molecule has 2 spiro atoms. The first-order valence-corrected chi connectivity index (χ1v) is 20.1. The molecule has 8 rings (SSSR count). The SMILES string of the molecule is COc1cc(C=C(C#N)C#N)sc1C1=CC2=C(c3sc4cc(-c5sc(C=C(C#N)C#N)cc5OC)sc4c3C23CCCCC3)C12CCCCC2. The number of fused-ring (bicyclic) bond motifs is 7. The smallest absolute Gasteiger partial charge is 0.138 e. The molecule has 10 heteroatoms. The zero-order valence-corrected chi connectivity index (χ0v) is 31.0. The number of allylic oxidation sites excluding steroid dienone is 6. The molecule has 0 aliphatic heterocycles. The van der Waals surface area contributed by atoms with Gasteiger partial charge in [-0.15, -0.1) is 45.3 Å². The van der Waals surface area contributed by atoms with Gasteiger partial charge in [-0.2, -0.15) is 21.0 Å². The fourth-order valence-electron chi connectivity index (χ4n) is 8.90. The molecule has 0 radical (unpaired) electrons. The third kappa shape index (κ3) is 4.85. The third-order valence-corrected chi connectivity index (χ3v) is 15.7. The Morgan fingerprint density at radius 1 is 0.660 bits per heavy atom. The topological polar surface area (TPSA) is 114 Å². The molecule has 248 valence electrons. The molecule has 4 heterocycles. The molecule has 0 saturated heterocycles. The van der Waals surface area contributed by atoms with Crippen molar-refractivity contribution in [2.24, 2.45) is 5.41 Å². The molecule has 4 aromatic rings. The highest BCUT2D eigenvalue weighted by Crippen LogP contribution is 2.72. The number of hydrogen-bond acceptors (Lipinski definition) is 10. The van der Waals surface area contributed by atoms with Gasteiger partial charge in [0, 0.05) is 30.2 Å². The zero-order valence-electron chi connectivity index (χ0n) is 27.8. The Hall–Kier alpha value is -4.42. The van der Waals surface area contributed by atoms with Crippen LogP contribution in [0.1, 0.15) is 89.3 Å². The van der Waals surface area contributed by atoms with Gasteiger partial charge in [0.1, 0.15) is 46.9 Å². The van der Waals surface area contributed by atoms with E-state index in [0.717, 1.165) is 61.6 Å². The quantitative estimate of drug-likeness (QED) is 0.183. The molecule has 2 fully saturated rings. The summed E-state index contributed by atoms with van der Waals surface area (Å²) in [6, 6.07) is 14.2. The molecule has 6 nitrogen and oxygen atoms in total. The average molecular weight is 729 g/mol. The molecule has 50 heavy (non-hydrogen) atoms. The summed E-state index contributed by atoms with van der Waals surface area (Å²) in [5.41, 5.74) is 6.04. The van der Waals surface area contributed by atoms with Crippen LogP contribution >= 0.6 is 45.3 Å². The predicted octanol–water partition coefficient (Wildman–Crippen LogP) is 11.6. The maximum Gasteiger partial charge on any atom is 0.138 e. The molecule has 0 amide bonds. The average Bonchev–Trinajstić information content (AvgIpc) is 3.98. The lowest BCUT2D eigenvalue weighted by Gasteiger charge is -2.38. The molecule has 0 bridgehead atoms. The van der Waals surface area contributed by atoms with E-state index in [-0.39, 0.29) is 22.0 Å². The number of rotatable bonds is 6. The minimum atomic E-state index is -0.0944. The summed E-state index contributed by atoms with van der Waals surface area (Å²) < 4.78 is 14.5. The van der Waals surface area contributed by atoms with Crippen molar-refractivity contribution < 1.29 is 9.47 Å². The van der Waals surface area contributed by atoms with Crippen LogP contribution in [0.5, 0.6) is 11.5 Å². The van der Waals surface area contributed by atoms with Crippen molar-refractivity contribution in [3.63, 3.8) is 0 Å². The Balaban J connectivity index is 1.29. The van der Waals surface area contributed by atoms with Gasteiger partial charge in [0.05, 0.1) is 33.6 Å². The van der Waals surface area contributed by atoms with Crippen LogP contribution in [0.3, 0.4) is 0 Å². The largest absolute Gasteiger partial charge is 0.495 e. The molecule has 0 aromatic carbocycles. The maximum absolute atomic E-state index is 9.46. The Labute approximate surface area is 307 Å². The second kappa shape index (κ2) is 12.7. The molecule has 0 atom stereocenters. The molecule has 4 aromatic heterocycles. The standard InChI is InChI=1S/C40H32N4O2S4/c1-45-29-15-25(13-23(19-41)20-42)47-35(29)28-17-27-33(40(28)11-7-4-8-12-40)38-34(39(27)9-5-3-6-10-39)37-32(50-38)18-31(49-37)36-30(46-2)16-26(48-36)14-24(21-43)22-44/h13-18H,3-12H2,1-2H3. The van der Waals surface area contributed by atoms with Gasteiger partial charge in [-0.1, -0.05) is 44.6 Å². The maximum atomic E-state index is 9.46. The summed E-state index contributed by atoms with van der Waals surface area (Å²) in [5, 5.41) is 37.6. The summed E-state index contributed by atoms with van der Waals surface area (Å²) in [6.45, 7) is 0. The van der Waals surface area contributed by atoms with E-state index in [9.17, 15) is 21.0 Å². The van der Waals surface area contributed by atoms with Crippen LogP contribution in [0.4, 0.5) is 0 Å². The van der Waals surface area contributed by atoms with Gasteiger partial charge in [-0.05, 0) is 78.3 Å². The highest BCUT2D eigenvalue weighted by molar-refractivity contribution is 7.32. The first-order valence-electron chi connectivity index (χ1n) is 16.9. The van der Waals surface area contributed by atoms with Crippen LogP contribution in [-0.4, -0.2) is 14.2 Å². The van der Waals surface area contributed by atoms with Gasteiger partial charge < -0.3 is 9.47 Å². The van der Waals surface area contributed by atoms with Crippen LogP contribution in [0.25, 0.3) is 42.5 Å². The van der Waals surface area contributed by atoms with E-state index in [0.29, 0.717) is 0 Å². The van der Waals surface area contributed by atoms with Crippen molar-refractivity contribution in [1.82, 2.24) is 0 Å². The first kappa shape index (κ1) is 32.8. The summed E-state index contributed by atoms with van der Waals surface area (Å²) >= 11 is 7.01. The monoisotopic (exact) mass is 728 g/mol. The lowest BCUT2D eigenvalue weighted by atomic mass is 9.66. The predicted molar refractivity (Wildman–Crippen MR) is 204 cm³/mol. The van der Waals surface area contributed by atoms with Crippen LogP contribution in [0.15, 0.2) is 41.0 Å². The molecule has 4 aliphatic carbocycles. The van der Waals surface area contributed by atoms with Gasteiger partial charge in [0.25, 0.3) is 0 Å². The molecule has 0 N–H and O–H groups in total. The molecule has 0 unspecified atom stereocenters. The van der Waals surface area contributed by atoms with Crippen LogP contribution in [-0.2, 0) is 5.41 Å². The molecular weight excluding hydrogens is 697 g/mol. The van der Waals surface area contributed by atoms with E-state index >= 15 is 0 Å². The van der Waals surface area contributed by atoms with Crippen molar-refractivity contribution in [3.05, 3.63) is 66.1 Å². The van der Waals surface area contributed by atoms with Gasteiger partial charge in [0.2, 0.25) is 0 Å². The van der Waals surface area contributed by atoms with Gasteiger partial charge in [-0.3, -0.25) is 0 Å². The minimum absolute atomic E-state index is 0.0283. The normalized spacial score (nSPS) is 18.1. The first-order chi connectivity index (χ1) is 24.4. The molecular formula is C40H32N4O2S4. The third-order valence-electron chi connectivity index (χ3n) is 10.9. The number of ether oxygens (including phenoxy) is 2. The van der Waals surface area contributed by atoms with Gasteiger partial charge in [0.15, 0.2) is 0 Å². The Kier molecular flexibility index (Phi) is 8.34. The number of thiophene rings is 4. The molecule has 4 aliphatic rings. The van der Waals surface area contributed by atoms with Crippen molar-refractivity contribution >= 4 is 78.0 Å². The van der Waals surface area contributed by atoms with E-state index in [1.807, 2.05) is 59.1 Å². The molecule has 2 saturated carbocycles. The van der Waals surface area contributed by atoms with E-state index in [2.05, 4.69) is 12.1 Å². The fraction of sp³-hybridized carbons (Fsp3) is 0.350. The Bertz CT molecular complexity index is 2340. The highest BCUT2D eigenvalue weighted by Gasteiger charge is 2.57. The van der Waals surface area contributed by atoms with Crippen molar-refractivity contribution in [2.45, 2.75) is 69.6 Å². The Morgan fingerprint density at radius 2 is 1.20 bits per heavy atom. The van der Waals surface area contributed by atoms with E-state index in [1.165, 1.54) is 63.9 Å². The van der Waals surface area contributed by atoms with E-state index < -0.39 is 0 Å². The van der Waals surface area contributed by atoms with E-state index in [4.69, 9.17) is 9.47 Å². The van der Waals surface area contributed by atoms with Gasteiger partial charge in [-0.25, -0.2) is 0 Å². The summed E-state index contributed by atoms with van der Waals surface area (Å²) in [5.74, 6) is 1.58. The number of nitrogens with zero attached hydrogens (tertiary/aromatic N) is 4. The fourth-order valence-corrected chi connectivity index (χ4v) is 14.2. The Morgan fingerprint density at radius 3 is 1.76 bits per heavy atom. The number of hydrogen-bond donors (Lipinski definition) is 0. The van der Waals surface area contributed by atoms with Crippen LogP contribution < -0.4 is 9.47 Å². The van der Waals surface area contributed by atoms with Crippen LogP contribution in [0, 0.1) is 50.7 Å². The van der Waals surface area contributed by atoms with Crippen LogP contribution in [0.2, 0.25) is 0 Å². The van der Waals surface area contributed by atoms with Crippen molar-refractivity contribution in [3.8, 4) is 45.5 Å². The van der Waals surface area contributed by atoms with E-state index in [1.54, 1.807) is 60.2 Å². The highest BCUT2D eigenvalue weighted by atomic mass is 32.1. The minimum Gasteiger partial charge on any atom is -0.495 e.